The van der Waals surface area contributed by atoms with Gasteiger partial charge in [-0.25, -0.2) is 8.78 Å². The van der Waals surface area contributed by atoms with Crippen molar-refractivity contribution in [2.45, 2.75) is 32.4 Å². The molecule has 1 unspecified atom stereocenters. The lowest BCUT2D eigenvalue weighted by atomic mass is 10.0. The van der Waals surface area contributed by atoms with Gasteiger partial charge in [-0.15, -0.1) is 0 Å². The zero-order valence-electron chi connectivity index (χ0n) is 5.25. The molecule has 0 nitrogen and oxygen atoms in total. The molecule has 0 aromatic heterocycles. The molecule has 0 aromatic rings. The molecule has 0 spiro atoms. The van der Waals surface area contributed by atoms with E-state index in [9.17, 15) is 8.78 Å². The van der Waals surface area contributed by atoms with Gasteiger partial charge < -0.3 is 0 Å². The van der Waals surface area contributed by atoms with E-state index in [1.807, 2.05) is 0 Å². The van der Waals surface area contributed by atoms with Gasteiger partial charge in [0.05, 0.1) is 0 Å². The van der Waals surface area contributed by atoms with Crippen molar-refractivity contribution in [3.8, 4) is 0 Å². The third kappa shape index (κ3) is 2.94. The molecule has 49 valence electrons. The fourth-order valence-electron chi connectivity index (χ4n) is 0.305. The van der Waals surface area contributed by atoms with Gasteiger partial charge in [-0.1, -0.05) is 6.92 Å². The van der Waals surface area contributed by atoms with Crippen molar-refractivity contribution in [1.29, 1.82) is 0 Å². The molecule has 0 aliphatic rings. The van der Waals surface area contributed by atoms with Crippen LogP contribution in [0.1, 0.15) is 26.7 Å². The first kappa shape index (κ1) is 7.86. The summed E-state index contributed by atoms with van der Waals surface area (Å²) in [7, 11) is 0. The van der Waals surface area contributed by atoms with Gasteiger partial charge in [0.15, 0.2) is 0 Å². The highest BCUT2D eigenvalue weighted by Gasteiger charge is 2.19. The largest absolute Gasteiger partial charge is 0.244 e. The highest BCUT2D eigenvalue weighted by atomic mass is 19.1. The predicted octanol–water partition coefficient (Wildman–Crippen LogP) is 2.65. The van der Waals surface area contributed by atoms with Crippen LogP contribution in [0.15, 0.2) is 0 Å². The monoisotopic (exact) mass is 121 g/mol. The van der Waals surface area contributed by atoms with Crippen LogP contribution in [-0.4, -0.2) is 5.67 Å². The summed E-state index contributed by atoms with van der Waals surface area (Å²) < 4.78 is 23.9. The Morgan fingerprint density at radius 1 is 1.62 bits per heavy atom. The van der Waals surface area contributed by atoms with Crippen LogP contribution in [0.4, 0.5) is 8.78 Å². The van der Waals surface area contributed by atoms with Crippen molar-refractivity contribution in [3.05, 3.63) is 6.67 Å². The molecular formula is C6H11F2. The van der Waals surface area contributed by atoms with Crippen LogP contribution in [0, 0.1) is 6.67 Å². The second-order valence-electron chi connectivity index (χ2n) is 2.13. The predicted molar refractivity (Wildman–Crippen MR) is 29.8 cm³/mol. The number of alkyl halides is 1. The average Bonchev–Trinajstić information content (AvgIpc) is 1.67. The topological polar surface area (TPSA) is 0 Å². The SMILES string of the molecule is CCC(C)(F)C[CH]F. The molecule has 0 fully saturated rings. The lowest BCUT2D eigenvalue weighted by molar-refractivity contribution is 0.170. The highest BCUT2D eigenvalue weighted by Crippen LogP contribution is 2.20. The first-order valence-corrected chi connectivity index (χ1v) is 2.73. The molecule has 2 heteroatoms. The smallest absolute Gasteiger partial charge is 0.134 e. The summed E-state index contributed by atoms with van der Waals surface area (Å²) >= 11 is 0. The molecule has 0 aliphatic heterocycles. The van der Waals surface area contributed by atoms with Crippen molar-refractivity contribution in [2.75, 3.05) is 0 Å². The van der Waals surface area contributed by atoms with Gasteiger partial charge in [-0.2, -0.15) is 0 Å². The van der Waals surface area contributed by atoms with Crippen LogP contribution in [-0.2, 0) is 0 Å². The average molecular weight is 121 g/mol. The Morgan fingerprint density at radius 3 is 2.25 bits per heavy atom. The van der Waals surface area contributed by atoms with E-state index in [1.54, 1.807) is 6.92 Å². The standard InChI is InChI=1S/C6H11F2/c1-3-6(2,8)4-5-7/h5H,3-4H2,1-2H3. The lowest BCUT2D eigenvalue weighted by Crippen LogP contribution is -2.14. The number of hydrogen-bond donors (Lipinski definition) is 0. The van der Waals surface area contributed by atoms with E-state index in [0.29, 0.717) is 13.1 Å². The van der Waals surface area contributed by atoms with Gasteiger partial charge in [0.2, 0.25) is 0 Å². The molecule has 0 heterocycles. The third-order valence-electron chi connectivity index (χ3n) is 1.24. The Morgan fingerprint density at radius 2 is 2.12 bits per heavy atom. The van der Waals surface area contributed by atoms with E-state index in [-0.39, 0.29) is 6.42 Å². The number of hydrogen-bond acceptors (Lipinski definition) is 0. The van der Waals surface area contributed by atoms with Crippen molar-refractivity contribution < 1.29 is 8.78 Å². The summed E-state index contributed by atoms with van der Waals surface area (Å²) in [5.74, 6) is 0. The normalized spacial score (nSPS) is 18.0. The molecule has 0 saturated heterocycles. The van der Waals surface area contributed by atoms with Gasteiger partial charge in [-0.3, -0.25) is 0 Å². The van der Waals surface area contributed by atoms with Crippen molar-refractivity contribution in [1.82, 2.24) is 0 Å². The van der Waals surface area contributed by atoms with Crippen LogP contribution in [0.2, 0.25) is 0 Å². The van der Waals surface area contributed by atoms with Gasteiger partial charge >= 0.3 is 0 Å². The third-order valence-corrected chi connectivity index (χ3v) is 1.24. The first-order valence-electron chi connectivity index (χ1n) is 2.73. The summed E-state index contributed by atoms with van der Waals surface area (Å²) in [6.45, 7) is 3.45. The number of halogens is 2. The number of rotatable bonds is 3. The Balaban J connectivity index is 3.37. The van der Waals surface area contributed by atoms with E-state index in [0.717, 1.165) is 0 Å². The van der Waals surface area contributed by atoms with Crippen LogP contribution in [0.5, 0.6) is 0 Å². The van der Waals surface area contributed by atoms with Crippen LogP contribution < -0.4 is 0 Å². The fourth-order valence-corrected chi connectivity index (χ4v) is 0.305. The summed E-state index contributed by atoms with van der Waals surface area (Å²) in [6.07, 6.45) is 0.275. The minimum atomic E-state index is -1.34. The molecule has 1 radical (unpaired) electrons. The van der Waals surface area contributed by atoms with E-state index >= 15 is 0 Å². The summed E-state index contributed by atoms with van der Waals surface area (Å²) in [6, 6.07) is 0. The minimum absolute atomic E-state index is 0.0938. The molecule has 0 saturated carbocycles. The molecule has 0 amide bonds. The molecule has 0 N–H and O–H groups in total. The van der Waals surface area contributed by atoms with Crippen LogP contribution >= 0.6 is 0 Å². The maximum absolute atomic E-state index is 12.5. The van der Waals surface area contributed by atoms with Crippen molar-refractivity contribution >= 4 is 0 Å². The molecule has 0 aromatic carbocycles. The summed E-state index contributed by atoms with van der Waals surface area (Å²) in [4.78, 5) is 0. The zero-order chi connectivity index (χ0) is 6.62. The quantitative estimate of drug-likeness (QED) is 0.538. The molecular weight excluding hydrogens is 110 g/mol. The Bertz CT molecular complexity index is 59.5. The highest BCUT2D eigenvalue weighted by molar-refractivity contribution is 4.73. The summed E-state index contributed by atoms with van der Waals surface area (Å²) in [5.41, 5.74) is -1.34. The molecule has 8 heavy (non-hydrogen) atoms. The second kappa shape index (κ2) is 3.00. The first-order chi connectivity index (χ1) is 3.62. The van der Waals surface area contributed by atoms with E-state index in [2.05, 4.69) is 0 Å². The molecule has 0 rings (SSSR count). The fraction of sp³-hybridized carbons (Fsp3) is 0.833. The zero-order valence-corrected chi connectivity index (χ0v) is 5.25. The van der Waals surface area contributed by atoms with Crippen LogP contribution in [0.25, 0.3) is 0 Å². The second-order valence-corrected chi connectivity index (χ2v) is 2.13. The van der Waals surface area contributed by atoms with Crippen molar-refractivity contribution in [2.24, 2.45) is 0 Å². The van der Waals surface area contributed by atoms with Gasteiger partial charge in [0.1, 0.15) is 12.3 Å². The Hall–Kier alpha value is -0.140. The van der Waals surface area contributed by atoms with E-state index in [4.69, 9.17) is 0 Å². The summed E-state index contributed by atoms with van der Waals surface area (Å²) in [5, 5.41) is 0. The lowest BCUT2D eigenvalue weighted by Gasteiger charge is -2.14. The Labute approximate surface area is 48.9 Å². The molecule has 0 aliphatic carbocycles. The maximum atomic E-state index is 12.5. The van der Waals surface area contributed by atoms with Crippen LogP contribution in [0.3, 0.4) is 0 Å². The van der Waals surface area contributed by atoms with Gasteiger partial charge in [0, 0.05) is 6.42 Å². The minimum Gasteiger partial charge on any atom is -0.244 e. The van der Waals surface area contributed by atoms with E-state index in [1.165, 1.54) is 6.92 Å². The Kier molecular flexibility index (Phi) is 2.95. The maximum Gasteiger partial charge on any atom is 0.134 e. The molecule has 0 bridgehead atoms. The van der Waals surface area contributed by atoms with Gasteiger partial charge in [-0.05, 0) is 13.3 Å². The van der Waals surface area contributed by atoms with Gasteiger partial charge in [0.25, 0.3) is 0 Å². The molecule has 1 atom stereocenters. The van der Waals surface area contributed by atoms with E-state index < -0.39 is 5.67 Å². The van der Waals surface area contributed by atoms with Crippen molar-refractivity contribution in [3.63, 3.8) is 0 Å².